The molecule has 0 aliphatic carbocycles. The molecule has 0 saturated carbocycles. The van der Waals surface area contributed by atoms with Crippen molar-refractivity contribution in [3.63, 3.8) is 0 Å². The summed E-state index contributed by atoms with van der Waals surface area (Å²) in [6.45, 7) is 1.11. The highest BCUT2D eigenvalue weighted by Crippen LogP contribution is 2.24. The summed E-state index contributed by atoms with van der Waals surface area (Å²) in [5.74, 6) is 0. The molecule has 16 heavy (non-hydrogen) atoms. The Balaban J connectivity index is 2.31. The smallest absolute Gasteiger partial charge is 0.0410 e. The lowest BCUT2D eigenvalue weighted by molar-refractivity contribution is 1.02. The summed E-state index contributed by atoms with van der Waals surface area (Å²) < 4.78 is 0. The molecule has 1 nitrogen and oxygen atoms in total. The molecule has 0 aliphatic heterocycles. The van der Waals surface area contributed by atoms with Crippen LogP contribution in [0.1, 0.15) is 0 Å². The van der Waals surface area contributed by atoms with Crippen LogP contribution in [-0.4, -0.2) is 16.8 Å². The first-order valence-electron chi connectivity index (χ1n) is 5.79. The molecule has 0 spiro atoms. The summed E-state index contributed by atoms with van der Waals surface area (Å²) in [5.41, 5.74) is 2.56. The van der Waals surface area contributed by atoms with E-state index in [9.17, 15) is 0 Å². The molecule has 0 heterocycles. The SMILES string of the molecule is [SiH3]CCN(c1ccccc1)c1ccccc1. The summed E-state index contributed by atoms with van der Waals surface area (Å²) >= 11 is 0. The van der Waals surface area contributed by atoms with E-state index in [2.05, 4.69) is 65.6 Å². The quantitative estimate of drug-likeness (QED) is 0.726. The molecule has 0 N–H and O–H groups in total. The Morgan fingerprint density at radius 2 is 1.19 bits per heavy atom. The van der Waals surface area contributed by atoms with Crippen LogP contribution in [0.3, 0.4) is 0 Å². The fraction of sp³-hybridized carbons (Fsp3) is 0.143. The molecule has 0 saturated heterocycles. The van der Waals surface area contributed by atoms with Gasteiger partial charge in [-0.05, 0) is 30.3 Å². The van der Waals surface area contributed by atoms with E-state index in [1.54, 1.807) is 0 Å². The van der Waals surface area contributed by atoms with Crippen LogP contribution in [-0.2, 0) is 0 Å². The van der Waals surface area contributed by atoms with Crippen LogP contribution in [0, 0.1) is 0 Å². The number of rotatable bonds is 4. The Kier molecular flexibility index (Phi) is 3.78. The van der Waals surface area contributed by atoms with Crippen LogP contribution in [0.25, 0.3) is 0 Å². The molecule has 0 aromatic heterocycles. The third-order valence-corrected chi connectivity index (χ3v) is 3.03. The van der Waals surface area contributed by atoms with Gasteiger partial charge in [-0.25, -0.2) is 0 Å². The molecule has 0 aliphatic rings. The van der Waals surface area contributed by atoms with E-state index in [1.165, 1.54) is 27.7 Å². The molecule has 0 unspecified atom stereocenters. The molecule has 0 amide bonds. The van der Waals surface area contributed by atoms with E-state index < -0.39 is 0 Å². The van der Waals surface area contributed by atoms with Gasteiger partial charge in [0.1, 0.15) is 0 Å². The molecule has 2 rings (SSSR count). The van der Waals surface area contributed by atoms with E-state index in [4.69, 9.17) is 0 Å². The lowest BCUT2D eigenvalue weighted by Crippen LogP contribution is -2.17. The second-order valence-corrected chi connectivity index (χ2v) is 4.82. The Labute approximate surface area is 100 Å². The van der Waals surface area contributed by atoms with Gasteiger partial charge >= 0.3 is 0 Å². The maximum absolute atomic E-state index is 2.38. The molecular formula is C14H17NSi. The van der Waals surface area contributed by atoms with Gasteiger partial charge in [-0.1, -0.05) is 36.4 Å². The van der Waals surface area contributed by atoms with Crippen LogP contribution >= 0.6 is 0 Å². The zero-order valence-electron chi connectivity index (χ0n) is 9.63. The van der Waals surface area contributed by atoms with Crippen LogP contribution < -0.4 is 4.90 Å². The van der Waals surface area contributed by atoms with Crippen LogP contribution in [0.2, 0.25) is 6.04 Å². The van der Waals surface area contributed by atoms with Crippen molar-refractivity contribution in [2.45, 2.75) is 6.04 Å². The standard InChI is InChI=1S/C14H17NSi/c16-12-11-15(13-7-3-1-4-8-13)14-9-5-2-6-10-14/h1-10H,11-12H2,16H3. The van der Waals surface area contributed by atoms with Crippen molar-refractivity contribution < 1.29 is 0 Å². The molecule has 2 aromatic carbocycles. The van der Waals surface area contributed by atoms with Crippen LogP contribution in [0.5, 0.6) is 0 Å². The Morgan fingerprint density at radius 1 is 0.750 bits per heavy atom. The predicted octanol–water partition coefficient (Wildman–Crippen LogP) is 2.61. The van der Waals surface area contributed by atoms with Crippen molar-refractivity contribution in [2.24, 2.45) is 0 Å². The van der Waals surface area contributed by atoms with E-state index in [1.807, 2.05) is 0 Å². The molecule has 0 radical (unpaired) electrons. The fourth-order valence-corrected chi connectivity index (χ4v) is 2.29. The van der Waals surface area contributed by atoms with E-state index >= 15 is 0 Å². The van der Waals surface area contributed by atoms with Crippen molar-refractivity contribution in [1.29, 1.82) is 0 Å². The van der Waals surface area contributed by atoms with Gasteiger partial charge in [0, 0.05) is 28.2 Å². The molecule has 2 heteroatoms. The highest BCUT2D eigenvalue weighted by atomic mass is 28.1. The average molecular weight is 227 g/mol. The minimum absolute atomic E-state index is 1.11. The summed E-state index contributed by atoms with van der Waals surface area (Å²) in [5, 5.41) is 0. The normalized spacial score (nSPS) is 10.2. The van der Waals surface area contributed by atoms with Gasteiger partial charge in [-0.15, -0.1) is 0 Å². The average Bonchev–Trinajstić information content (AvgIpc) is 2.38. The molecule has 82 valence electrons. The summed E-state index contributed by atoms with van der Waals surface area (Å²) in [4.78, 5) is 2.38. The topological polar surface area (TPSA) is 3.24 Å². The lowest BCUT2D eigenvalue weighted by Gasteiger charge is -2.24. The number of hydrogen-bond donors (Lipinski definition) is 0. The van der Waals surface area contributed by atoms with E-state index in [0.717, 1.165) is 6.54 Å². The van der Waals surface area contributed by atoms with Gasteiger partial charge in [0.15, 0.2) is 0 Å². The number of para-hydroxylation sites is 2. The summed E-state index contributed by atoms with van der Waals surface area (Å²) in [7, 11) is 1.25. The number of benzene rings is 2. The van der Waals surface area contributed by atoms with Crippen molar-refractivity contribution in [3.05, 3.63) is 60.7 Å². The van der Waals surface area contributed by atoms with Gasteiger partial charge in [-0.3, -0.25) is 0 Å². The zero-order valence-corrected chi connectivity index (χ0v) is 11.6. The maximum atomic E-state index is 2.38. The number of anilines is 2. The minimum atomic E-state index is 1.11. The number of hydrogen-bond acceptors (Lipinski definition) is 1. The highest BCUT2D eigenvalue weighted by molar-refractivity contribution is 6.08. The Bertz CT molecular complexity index is 374. The first kappa shape index (κ1) is 11.0. The van der Waals surface area contributed by atoms with Crippen molar-refractivity contribution in [1.82, 2.24) is 0 Å². The van der Waals surface area contributed by atoms with Crippen LogP contribution in [0.4, 0.5) is 11.4 Å². The first-order valence-corrected chi connectivity index (χ1v) is 7.21. The molecular weight excluding hydrogens is 210 g/mol. The third-order valence-electron chi connectivity index (χ3n) is 2.58. The van der Waals surface area contributed by atoms with Gasteiger partial charge in [0.05, 0.1) is 0 Å². The third kappa shape index (κ3) is 2.52. The second kappa shape index (κ2) is 5.52. The maximum Gasteiger partial charge on any atom is 0.0410 e. The molecule has 0 atom stereocenters. The van der Waals surface area contributed by atoms with E-state index in [0.29, 0.717) is 0 Å². The Hall–Kier alpha value is -1.54. The van der Waals surface area contributed by atoms with Gasteiger partial charge < -0.3 is 4.90 Å². The zero-order chi connectivity index (χ0) is 11.2. The van der Waals surface area contributed by atoms with Gasteiger partial charge in [0.2, 0.25) is 0 Å². The highest BCUT2D eigenvalue weighted by Gasteiger charge is 2.06. The molecule has 2 aromatic rings. The monoisotopic (exact) mass is 227 g/mol. The summed E-state index contributed by atoms with van der Waals surface area (Å²) in [6, 6.07) is 22.5. The minimum Gasteiger partial charge on any atom is -0.342 e. The van der Waals surface area contributed by atoms with Gasteiger partial charge in [0.25, 0.3) is 0 Å². The largest absolute Gasteiger partial charge is 0.342 e. The lowest BCUT2D eigenvalue weighted by atomic mass is 10.2. The molecule has 0 fully saturated rings. The first-order chi connectivity index (χ1) is 7.92. The van der Waals surface area contributed by atoms with Gasteiger partial charge in [-0.2, -0.15) is 0 Å². The summed E-state index contributed by atoms with van der Waals surface area (Å²) in [6.07, 6.45) is 0. The number of nitrogens with zero attached hydrogens (tertiary/aromatic N) is 1. The van der Waals surface area contributed by atoms with Crippen LogP contribution in [0.15, 0.2) is 60.7 Å². The second-order valence-electron chi connectivity index (χ2n) is 3.82. The van der Waals surface area contributed by atoms with Crippen molar-refractivity contribution >= 4 is 21.6 Å². The predicted molar refractivity (Wildman–Crippen MR) is 74.6 cm³/mol. The fourth-order valence-electron chi connectivity index (χ4n) is 1.85. The van der Waals surface area contributed by atoms with E-state index in [-0.39, 0.29) is 0 Å². The molecule has 0 bridgehead atoms. The van der Waals surface area contributed by atoms with Crippen molar-refractivity contribution in [2.75, 3.05) is 11.4 Å². The Morgan fingerprint density at radius 3 is 1.56 bits per heavy atom. The van der Waals surface area contributed by atoms with Crippen molar-refractivity contribution in [3.8, 4) is 0 Å².